The molecule has 0 radical (unpaired) electrons. The monoisotopic (exact) mass is 328 g/mol. The molecule has 0 unspecified atom stereocenters. The van der Waals surface area contributed by atoms with Crippen LogP contribution in [0.15, 0.2) is 45.6 Å². The molecule has 1 heterocycles. The van der Waals surface area contributed by atoms with Crippen LogP contribution in [0, 0.1) is 0 Å². The Kier molecular flexibility index (Phi) is 4.04. The number of hydrogen-bond acceptors (Lipinski definition) is 6. The number of phenolic OH excluding ortho intramolecular Hbond substituents is 1. The van der Waals surface area contributed by atoms with Crippen LogP contribution in [0.25, 0.3) is 22.3 Å². The van der Waals surface area contributed by atoms with Crippen molar-refractivity contribution >= 4 is 11.0 Å². The predicted octanol–water partition coefficient (Wildman–Crippen LogP) is 3.19. The molecule has 0 bridgehead atoms. The Morgan fingerprint density at radius 1 is 0.958 bits per heavy atom. The van der Waals surface area contributed by atoms with Crippen LogP contribution in [0.5, 0.6) is 23.0 Å². The van der Waals surface area contributed by atoms with Gasteiger partial charge in [-0.05, 0) is 30.3 Å². The third-order valence-corrected chi connectivity index (χ3v) is 3.71. The van der Waals surface area contributed by atoms with Crippen LogP contribution in [0.3, 0.4) is 0 Å². The summed E-state index contributed by atoms with van der Waals surface area (Å²) in [6.45, 7) is 0. The molecule has 1 aromatic heterocycles. The van der Waals surface area contributed by atoms with Crippen molar-refractivity contribution in [3.8, 4) is 34.3 Å². The maximum absolute atomic E-state index is 12.7. The van der Waals surface area contributed by atoms with Gasteiger partial charge in [-0.1, -0.05) is 6.07 Å². The summed E-state index contributed by atoms with van der Waals surface area (Å²) >= 11 is 0. The first kappa shape index (κ1) is 15.7. The van der Waals surface area contributed by atoms with Crippen molar-refractivity contribution in [2.24, 2.45) is 0 Å². The van der Waals surface area contributed by atoms with Gasteiger partial charge in [-0.2, -0.15) is 0 Å². The molecule has 0 amide bonds. The van der Waals surface area contributed by atoms with Crippen LogP contribution in [0.1, 0.15) is 0 Å². The second-order valence-corrected chi connectivity index (χ2v) is 5.01. The van der Waals surface area contributed by atoms with E-state index >= 15 is 0 Å². The second-order valence-electron chi connectivity index (χ2n) is 5.01. The van der Waals surface area contributed by atoms with Crippen molar-refractivity contribution in [2.45, 2.75) is 0 Å². The minimum absolute atomic E-state index is 0.0104. The van der Waals surface area contributed by atoms with Crippen LogP contribution in [-0.4, -0.2) is 26.4 Å². The van der Waals surface area contributed by atoms with Gasteiger partial charge < -0.3 is 23.7 Å². The first-order valence-electron chi connectivity index (χ1n) is 7.16. The molecule has 6 nitrogen and oxygen atoms in total. The second kappa shape index (κ2) is 6.16. The van der Waals surface area contributed by atoms with Gasteiger partial charge in [-0.3, -0.25) is 4.79 Å². The minimum atomic E-state index is -0.443. The normalized spacial score (nSPS) is 10.6. The van der Waals surface area contributed by atoms with Gasteiger partial charge in [0.15, 0.2) is 17.3 Å². The van der Waals surface area contributed by atoms with Gasteiger partial charge in [0, 0.05) is 5.56 Å². The summed E-state index contributed by atoms with van der Waals surface area (Å²) in [4.78, 5) is 12.7. The molecule has 0 saturated heterocycles. The number of rotatable bonds is 4. The van der Waals surface area contributed by atoms with E-state index in [0.717, 1.165) is 0 Å². The number of ether oxygens (including phenoxy) is 3. The van der Waals surface area contributed by atoms with Crippen LogP contribution < -0.4 is 19.6 Å². The van der Waals surface area contributed by atoms with E-state index in [0.29, 0.717) is 17.1 Å². The molecule has 0 aliphatic rings. The van der Waals surface area contributed by atoms with Crippen molar-refractivity contribution in [1.29, 1.82) is 0 Å². The summed E-state index contributed by atoms with van der Waals surface area (Å²) in [6.07, 6.45) is 0. The Morgan fingerprint density at radius 3 is 2.38 bits per heavy atom. The smallest absolute Gasteiger partial charge is 0.238 e. The highest BCUT2D eigenvalue weighted by atomic mass is 16.5. The molecule has 0 aliphatic heterocycles. The zero-order chi connectivity index (χ0) is 17.3. The van der Waals surface area contributed by atoms with Crippen LogP contribution in [-0.2, 0) is 0 Å². The Bertz CT molecular complexity index is 958. The molecule has 0 aliphatic carbocycles. The van der Waals surface area contributed by atoms with E-state index in [1.54, 1.807) is 30.3 Å². The Hall–Kier alpha value is -3.15. The molecule has 0 saturated carbocycles. The Morgan fingerprint density at radius 2 is 1.71 bits per heavy atom. The highest BCUT2D eigenvalue weighted by molar-refractivity contribution is 5.87. The van der Waals surface area contributed by atoms with Gasteiger partial charge in [0.2, 0.25) is 11.2 Å². The number of fused-ring (bicyclic) bond motifs is 1. The summed E-state index contributed by atoms with van der Waals surface area (Å²) in [5.41, 5.74) is 0.416. The van der Waals surface area contributed by atoms with E-state index in [4.69, 9.17) is 18.6 Å². The van der Waals surface area contributed by atoms with E-state index in [1.165, 1.54) is 27.4 Å². The zero-order valence-electron chi connectivity index (χ0n) is 13.5. The van der Waals surface area contributed by atoms with E-state index in [-0.39, 0.29) is 28.2 Å². The van der Waals surface area contributed by atoms with Crippen molar-refractivity contribution in [1.82, 2.24) is 0 Å². The molecule has 0 spiro atoms. The predicted molar refractivity (Wildman–Crippen MR) is 89.2 cm³/mol. The summed E-state index contributed by atoms with van der Waals surface area (Å²) in [6, 6.07) is 9.77. The van der Waals surface area contributed by atoms with Gasteiger partial charge >= 0.3 is 0 Å². The van der Waals surface area contributed by atoms with Gasteiger partial charge in [-0.25, -0.2) is 0 Å². The summed E-state index contributed by atoms with van der Waals surface area (Å²) in [5, 5.41) is 10.0. The maximum Gasteiger partial charge on any atom is 0.238 e. The average Bonchev–Trinajstić information content (AvgIpc) is 2.60. The molecule has 6 heteroatoms. The molecular weight excluding hydrogens is 312 g/mol. The lowest BCUT2D eigenvalue weighted by Crippen LogP contribution is -2.07. The SMILES string of the molecule is COc1ccc(-c2oc3cccc(O)c3c(=O)c2OC)cc1OC. The van der Waals surface area contributed by atoms with E-state index in [9.17, 15) is 9.90 Å². The molecule has 0 fully saturated rings. The molecule has 3 aromatic rings. The van der Waals surface area contributed by atoms with E-state index in [1.807, 2.05) is 0 Å². The van der Waals surface area contributed by atoms with Crippen molar-refractivity contribution in [3.05, 3.63) is 46.6 Å². The topological polar surface area (TPSA) is 78.1 Å². The zero-order valence-corrected chi connectivity index (χ0v) is 13.5. The Labute approximate surface area is 137 Å². The lowest BCUT2D eigenvalue weighted by molar-refractivity contribution is 0.355. The fraction of sp³-hybridized carbons (Fsp3) is 0.167. The number of aromatic hydroxyl groups is 1. The van der Waals surface area contributed by atoms with Crippen LogP contribution in [0.2, 0.25) is 0 Å². The van der Waals surface area contributed by atoms with Crippen molar-refractivity contribution < 1.29 is 23.7 Å². The molecule has 124 valence electrons. The molecule has 3 rings (SSSR count). The van der Waals surface area contributed by atoms with Gasteiger partial charge in [-0.15, -0.1) is 0 Å². The first-order valence-corrected chi connectivity index (χ1v) is 7.16. The number of benzene rings is 2. The molecule has 2 aromatic carbocycles. The third-order valence-electron chi connectivity index (χ3n) is 3.71. The lowest BCUT2D eigenvalue weighted by Gasteiger charge is -2.12. The molecule has 24 heavy (non-hydrogen) atoms. The summed E-state index contributed by atoms with van der Waals surface area (Å²) in [5.74, 6) is 1.16. The van der Waals surface area contributed by atoms with Crippen molar-refractivity contribution in [3.63, 3.8) is 0 Å². The van der Waals surface area contributed by atoms with Crippen molar-refractivity contribution in [2.75, 3.05) is 21.3 Å². The number of hydrogen-bond donors (Lipinski definition) is 1. The number of phenols is 1. The molecule has 1 N–H and O–H groups in total. The quantitative estimate of drug-likeness (QED) is 0.792. The fourth-order valence-electron chi connectivity index (χ4n) is 2.56. The van der Waals surface area contributed by atoms with Crippen LogP contribution >= 0.6 is 0 Å². The fourth-order valence-corrected chi connectivity index (χ4v) is 2.56. The molecule has 0 atom stereocenters. The highest BCUT2D eigenvalue weighted by Gasteiger charge is 2.20. The summed E-state index contributed by atoms with van der Waals surface area (Å²) < 4.78 is 21.6. The highest BCUT2D eigenvalue weighted by Crippen LogP contribution is 2.37. The van der Waals surface area contributed by atoms with Gasteiger partial charge in [0.25, 0.3) is 0 Å². The number of methoxy groups -OCH3 is 3. The van der Waals surface area contributed by atoms with E-state index in [2.05, 4.69) is 0 Å². The average molecular weight is 328 g/mol. The standard InChI is InChI=1S/C18H16O6/c1-21-12-8-7-10(9-14(12)22-2)17-18(23-3)16(20)15-11(19)5-4-6-13(15)24-17/h4-9,19H,1-3H3. The summed E-state index contributed by atoms with van der Waals surface area (Å²) in [7, 11) is 4.44. The first-order chi connectivity index (χ1) is 11.6. The minimum Gasteiger partial charge on any atom is -0.507 e. The van der Waals surface area contributed by atoms with Gasteiger partial charge in [0.1, 0.15) is 16.7 Å². The maximum atomic E-state index is 12.7. The van der Waals surface area contributed by atoms with Gasteiger partial charge in [0.05, 0.1) is 21.3 Å². The third kappa shape index (κ3) is 2.42. The largest absolute Gasteiger partial charge is 0.507 e. The molecular formula is C18H16O6. The van der Waals surface area contributed by atoms with Crippen LogP contribution in [0.4, 0.5) is 0 Å². The lowest BCUT2D eigenvalue weighted by atomic mass is 10.1. The van der Waals surface area contributed by atoms with E-state index < -0.39 is 5.43 Å². The Balaban J connectivity index is 2.32.